The number of urea groups is 1. The van der Waals surface area contributed by atoms with Crippen LogP contribution in [-0.4, -0.2) is 39.5 Å². The molecule has 0 fully saturated rings. The van der Waals surface area contributed by atoms with Gasteiger partial charge in [-0.1, -0.05) is 13.3 Å². The monoisotopic (exact) mass is 268 g/mol. The molecule has 0 aliphatic rings. The summed E-state index contributed by atoms with van der Waals surface area (Å²) in [5, 5.41) is 18.0. The highest BCUT2D eigenvalue weighted by Crippen LogP contribution is 1.98. The zero-order chi connectivity index (χ0) is 14.3. The Morgan fingerprint density at radius 2 is 2.26 bits per heavy atom. The van der Waals surface area contributed by atoms with E-state index in [0.29, 0.717) is 25.8 Å². The molecule has 1 rings (SSSR count). The minimum Gasteiger partial charge on any atom is -0.480 e. The lowest BCUT2D eigenvalue weighted by Gasteiger charge is -2.14. The molecule has 7 nitrogen and oxygen atoms in total. The van der Waals surface area contributed by atoms with Crippen LogP contribution in [0.25, 0.3) is 0 Å². The standard InChI is InChI=1S/C12H20N4O3/c1-3-4-10(11(17)18)15-12(19)13-7-5-9-6-8-14-16(9)2/h6,8,10H,3-5,7H2,1-2H3,(H,17,18)(H2,13,15,19). The first-order valence-electron chi connectivity index (χ1n) is 6.28. The van der Waals surface area contributed by atoms with Crippen LogP contribution in [0.2, 0.25) is 0 Å². The first kappa shape index (κ1) is 15.0. The summed E-state index contributed by atoms with van der Waals surface area (Å²) >= 11 is 0. The summed E-state index contributed by atoms with van der Waals surface area (Å²) in [7, 11) is 1.83. The van der Waals surface area contributed by atoms with E-state index in [-0.39, 0.29) is 0 Å². The number of nitrogens with zero attached hydrogens (tertiary/aromatic N) is 2. The molecule has 0 aliphatic heterocycles. The average Bonchev–Trinajstić information content (AvgIpc) is 2.74. The lowest BCUT2D eigenvalue weighted by molar-refractivity contribution is -0.139. The van der Waals surface area contributed by atoms with E-state index in [1.807, 2.05) is 20.0 Å². The lowest BCUT2D eigenvalue weighted by atomic mass is 10.2. The maximum Gasteiger partial charge on any atom is 0.326 e. The SMILES string of the molecule is CCCC(NC(=O)NCCc1ccnn1C)C(=O)O. The molecule has 7 heteroatoms. The lowest BCUT2D eigenvalue weighted by Crippen LogP contribution is -2.46. The molecule has 2 amide bonds. The Hall–Kier alpha value is -2.05. The average molecular weight is 268 g/mol. The van der Waals surface area contributed by atoms with E-state index in [2.05, 4.69) is 15.7 Å². The van der Waals surface area contributed by atoms with Gasteiger partial charge in [0.05, 0.1) is 0 Å². The second-order valence-corrected chi connectivity index (χ2v) is 4.28. The molecule has 0 bridgehead atoms. The van der Waals surface area contributed by atoms with Crippen molar-refractivity contribution >= 4 is 12.0 Å². The third-order valence-corrected chi connectivity index (χ3v) is 2.77. The normalized spacial score (nSPS) is 11.9. The molecule has 1 unspecified atom stereocenters. The molecule has 106 valence electrons. The summed E-state index contributed by atoms with van der Waals surface area (Å²) < 4.78 is 1.73. The topological polar surface area (TPSA) is 96.3 Å². The van der Waals surface area contributed by atoms with Crippen molar-refractivity contribution in [2.24, 2.45) is 7.05 Å². The van der Waals surface area contributed by atoms with E-state index in [1.165, 1.54) is 0 Å². The molecule has 19 heavy (non-hydrogen) atoms. The Bertz CT molecular complexity index is 430. The summed E-state index contributed by atoms with van der Waals surface area (Å²) in [4.78, 5) is 22.4. The Morgan fingerprint density at radius 3 is 2.79 bits per heavy atom. The second-order valence-electron chi connectivity index (χ2n) is 4.28. The smallest absolute Gasteiger partial charge is 0.326 e. The van der Waals surface area contributed by atoms with Gasteiger partial charge in [0.25, 0.3) is 0 Å². The molecule has 1 aromatic rings. The van der Waals surface area contributed by atoms with Gasteiger partial charge in [-0.25, -0.2) is 9.59 Å². The van der Waals surface area contributed by atoms with Crippen LogP contribution in [0.4, 0.5) is 4.79 Å². The molecule has 0 spiro atoms. The third kappa shape index (κ3) is 4.99. The molecule has 1 aromatic heterocycles. The van der Waals surface area contributed by atoms with E-state index in [0.717, 1.165) is 5.69 Å². The van der Waals surface area contributed by atoms with Gasteiger partial charge < -0.3 is 15.7 Å². The highest BCUT2D eigenvalue weighted by molar-refractivity contribution is 5.82. The summed E-state index contributed by atoms with van der Waals surface area (Å²) in [5.74, 6) is -1.01. The van der Waals surface area contributed by atoms with Crippen LogP contribution in [0.15, 0.2) is 12.3 Å². The second kappa shape index (κ2) is 7.40. The number of carboxylic acid groups (broad SMARTS) is 1. The fourth-order valence-electron chi connectivity index (χ4n) is 1.71. The first-order valence-corrected chi connectivity index (χ1v) is 6.28. The number of hydrogen-bond acceptors (Lipinski definition) is 3. The van der Waals surface area contributed by atoms with E-state index in [9.17, 15) is 9.59 Å². The van der Waals surface area contributed by atoms with Crippen molar-refractivity contribution < 1.29 is 14.7 Å². The van der Waals surface area contributed by atoms with Gasteiger partial charge in [-0.05, 0) is 12.5 Å². The van der Waals surface area contributed by atoms with Crippen molar-refractivity contribution in [3.05, 3.63) is 18.0 Å². The van der Waals surface area contributed by atoms with E-state index in [1.54, 1.807) is 10.9 Å². The number of rotatable bonds is 7. The molecular weight excluding hydrogens is 248 g/mol. The Labute approximate surface area is 112 Å². The number of hydrogen-bond donors (Lipinski definition) is 3. The largest absolute Gasteiger partial charge is 0.480 e. The van der Waals surface area contributed by atoms with Gasteiger partial charge in [0.1, 0.15) is 6.04 Å². The van der Waals surface area contributed by atoms with E-state index < -0.39 is 18.0 Å². The zero-order valence-corrected chi connectivity index (χ0v) is 11.2. The van der Waals surface area contributed by atoms with Crippen LogP contribution < -0.4 is 10.6 Å². The Morgan fingerprint density at radius 1 is 1.53 bits per heavy atom. The molecule has 0 aliphatic carbocycles. The number of aliphatic carboxylic acids is 1. The van der Waals surface area contributed by atoms with Gasteiger partial charge in [0.2, 0.25) is 0 Å². The molecule has 0 radical (unpaired) electrons. The number of carbonyl (C=O) groups is 2. The van der Waals surface area contributed by atoms with Gasteiger partial charge in [-0.3, -0.25) is 4.68 Å². The Kier molecular flexibility index (Phi) is 5.84. The first-order chi connectivity index (χ1) is 9.04. The fourth-order valence-corrected chi connectivity index (χ4v) is 1.71. The summed E-state index contributed by atoms with van der Waals surface area (Å²) in [6.45, 7) is 2.31. The van der Waals surface area contributed by atoms with E-state index >= 15 is 0 Å². The highest BCUT2D eigenvalue weighted by Gasteiger charge is 2.18. The molecule has 1 heterocycles. The summed E-state index contributed by atoms with van der Waals surface area (Å²) in [6, 6.07) is 0.584. The molecular formula is C12H20N4O3. The molecule has 0 saturated heterocycles. The highest BCUT2D eigenvalue weighted by atomic mass is 16.4. The summed E-state index contributed by atoms with van der Waals surface area (Å²) in [5.41, 5.74) is 1.00. The number of amides is 2. The fraction of sp³-hybridized carbons (Fsp3) is 0.583. The maximum absolute atomic E-state index is 11.5. The van der Waals surface area contributed by atoms with E-state index in [4.69, 9.17) is 5.11 Å². The van der Waals surface area contributed by atoms with Crippen LogP contribution >= 0.6 is 0 Å². The van der Waals surface area contributed by atoms with Crippen molar-refractivity contribution in [2.75, 3.05) is 6.54 Å². The van der Waals surface area contributed by atoms with Crippen molar-refractivity contribution in [1.29, 1.82) is 0 Å². The zero-order valence-electron chi connectivity index (χ0n) is 11.2. The van der Waals surface area contributed by atoms with Gasteiger partial charge in [0, 0.05) is 31.9 Å². The van der Waals surface area contributed by atoms with Crippen molar-refractivity contribution in [3.63, 3.8) is 0 Å². The van der Waals surface area contributed by atoms with Crippen molar-refractivity contribution in [2.45, 2.75) is 32.2 Å². The Balaban J connectivity index is 2.31. The van der Waals surface area contributed by atoms with Crippen LogP contribution in [0.1, 0.15) is 25.5 Å². The number of carbonyl (C=O) groups excluding carboxylic acids is 1. The van der Waals surface area contributed by atoms with Gasteiger partial charge in [-0.2, -0.15) is 5.10 Å². The van der Waals surface area contributed by atoms with Gasteiger partial charge in [0.15, 0.2) is 0 Å². The van der Waals surface area contributed by atoms with Gasteiger partial charge >= 0.3 is 12.0 Å². The maximum atomic E-state index is 11.5. The predicted molar refractivity (Wildman–Crippen MR) is 69.8 cm³/mol. The van der Waals surface area contributed by atoms with Crippen molar-refractivity contribution in [3.8, 4) is 0 Å². The number of carboxylic acids is 1. The summed E-state index contributed by atoms with van der Waals surface area (Å²) in [6.07, 6.45) is 3.46. The number of aromatic nitrogens is 2. The molecule has 0 aromatic carbocycles. The van der Waals surface area contributed by atoms with Crippen LogP contribution in [0, 0.1) is 0 Å². The van der Waals surface area contributed by atoms with Gasteiger partial charge in [-0.15, -0.1) is 0 Å². The van der Waals surface area contributed by atoms with Crippen LogP contribution in [0.3, 0.4) is 0 Å². The number of nitrogens with one attached hydrogen (secondary N) is 2. The minimum atomic E-state index is -1.01. The quantitative estimate of drug-likeness (QED) is 0.671. The minimum absolute atomic E-state index is 0.421. The van der Waals surface area contributed by atoms with Crippen LogP contribution in [0.5, 0.6) is 0 Å². The molecule has 3 N–H and O–H groups in total. The third-order valence-electron chi connectivity index (χ3n) is 2.77. The van der Waals surface area contributed by atoms with Crippen LogP contribution in [-0.2, 0) is 18.3 Å². The van der Waals surface area contributed by atoms with Crippen molar-refractivity contribution in [1.82, 2.24) is 20.4 Å². The molecule has 0 saturated carbocycles. The molecule has 1 atom stereocenters. The number of aryl methyl sites for hydroxylation is 1. The predicted octanol–water partition coefficient (Wildman–Crippen LogP) is 0.515.